The topological polar surface area (TPSA) is 29.9 Å². The minimum atomic E-state index is 0.368. The van der Waals surface area contributed by atoms with Crippen LogP contribution in [0.3, 0.4) is 0 Å². The Morgan fingerprint density at radius 1 is 1.43 bits per heavy atom. The highest BCUT2D eigenvalue weighted by Crippen LogP contribution is 2.10. The largest absolute Gasteiger partial charge is 0.316 e. The molecule has 0 amide bonds. The Labute approximate surface area is 86.5 Å². The molecule has 0 unspecified atom stereocenters. The summed E-state index contributed by atoms with van der Waals surface area (Å²) in [5.41, 5.74) is 1.65. The second-order valence-electron chi connectivity index (χ2n) is 4.93. The number of aryl methyl sites for hydroxylation is 1. The quantitative estimate of drug-likeness (QED) is 0.740. The van der Waals surface area contributed by atoms with E-state index in [0.717, 1.165) is 19.5 Å². The summed E-state index contributed by atoms with van der Waals surface area (Å²) >= 11 is 0. The minimum Gasteiger partial charge on any atom is -0.316 e. The summed E-state index contributed by atoms with van der Waals surface area (Å²) in [4.78, 5) is 0. The molecule has 0 bridgehead atoms. The number of hydrogen-bond donors (Lipinski definition) is 1. The van der Waals surface area contributed by atoms with Gasteiger partial charge in [-0.15, -0.1) is 0 Å². The van der Waals surface area contributed by atoms with Crippen LogP contribution in [0.4, 0.5) is 0 Å². The molecule has 0 saturated carbocycles. The summed E-state index contributed by atoms with van der Waals surface area (Å²) in [6.07, 6.45) is 2.89. The van der Waals surface area contributed by atoms with E-state index in [1.165, 1.54) is 5.69 Å². The van der Waals surface area contributed by atoms with Gasteiger partial charge < -0.3 is 5.32 Å². The molecule has 0 radical (unpaired) electrons. The first-order valence-electron chi connectivity index (χ1n) is 5.17. The number of rotatable bonds is 4. The second-order valence-corrected chi connectivity index (χ2v) is 4.93. The van der Waals surface area contributed by atoms with Crippen molar-refractivity contribution in [2.24, 2.45) is 12.5 Å². The van der Waals surface area contributed by atoms with Crippen molar-refractivity contribution in [2.75, 3.05) is 13.1 Å². The lowest BCUT2D eigenvalue weighted by Gasteiger charge is -2.18. The molecule has 1 aromatic rings. The highest BCUT2D eigenvalue weighted by Gasteiger charge is 2.08. The van der Waals surface area contributed by atoms with E-state index >= 15 is 0 Å². The van der Waals surface area contributed by atoms with Gasteiger partial charge in [-0.1, -0.05) is 20.8 Å². The first kappa shape index (κ1) is 11.2. The SMILES string of the molecule is Cn1nccc1CCNCC(C)(C)C. The summed E-state index contributed by atoms with van der Waals surface area (Å²) in [5, 5.41) is 7.58. The Morgan fingerprint density at radius 2 is 2.14 bits per heavy atom. The van der Waals surface area contributed by atoms with Gasteiger partial charge in [0.05, 0.1) is 0 Å². The van der Waals surface area contributed by atoms with Crippen molar-refractivity contribution in [2.45, 2.75) is 27.2 Å². The third-order valence-corrected chi connectivity index (χ3v) is 2.14. The molecule has 1 rings (SSSR count). The van der Waals surface area contributed by atoms with Crippen LogP contribution in [0.25, 0.3) is 0 Å². The predicted octanol–water partition coefficient (Wildman–Crippen LogP) is 1.60. The zero-order valence-electron chi connectivity index (χ0n) is 9.67. The smallest absolute Gasteiger partial charge is 0.0492 e. The van der Waals surface area contributed by atoms with Gasteiger partial charge in [0.25, 0.3) is 0 Å². The fourth-order valence-corrected chi connectivity index (χ4v) is 1.33. The molecule has 1 heterocycles. The molecule has 3 heteroatoms. The predicted molar refractivity (Wildman–Crippen MR) is 59.2 cm³/mol. The molecule has 3 nitrogen and oxygen atoms in total. The van der Waals surface area contributed by atoms with Gasteiger partial charge in [-0.2, -0.15) is 5.10 Å². The number of nitrogens with zero attached hydrogens (tertiary/aromatic N) is 2. The average molecular weight is 195 g/mol. The summed E-state index contributed by atoms with van der Waals surface area (Å²) in [7, 11) is 1.99. The van der Waals surface area contributed by atoms with Crippen LogP contribution in [0, 0.1) is 5.41 Å². The van der Waals surface area contributed by atoms with E-state index in [1.54, 1.807) is 0 Å². The number of nitrogens with one attached hydrogen (secondary N) is 1. The highest BCUT2D eigenvalue weighted by atomic mass is 15.3. The van der Waals surface area contributed by atoms with Gasteiger partial charge in [0.15, 0.2) is 0 Å². The fraction of sp³-hybridized carbons (Fsp3) is 0.727. The van der Waals surface area contributed by atoms with Crippen LogP contribution in [0.2, 0.25) is 0 Å². The lowest BCUT2D eigenvalue weighted by molar-refractivity contribution is 0.381. The molecule has 1 N–H and O–H groups in total. The third kappa shape index (κ3) is 3.92. The molecule has 0 atom stereocenters. The van der Waals surface area contributed by atoms with E-state index < -0.39 is 0 Å². The summed E-state index contributed by atoms with van der Waals surface area (Å²) in [5.74, 6) is 0. The van der Waals surface area contributed by atoms with Crippen LogP contribution in [-0.4, -0.2) is 22.9 Å². The van der Waals surface area contributed by atoms with E-state index in [9.17, 15) is 0 Å². The standard InChI is InChI=1S/C11H21N3/c1-11(2,3)9-12-7-5-10-6-8-13-14(10)4/h6,8,12H,5,7,9H2,1-4H3. The molecular weight excluding hydrogens is 174 g/mol. The Morgan fingerprint density at radius 3 is 2.64 bits per heavy atom. The molecule has 0 saturated heterocycles. The lowest BCUT2D eigenvalue weighted by Crippen LogP contribution is -2.28. The Hall–Kier alpha value is -0.830. The van der Waals surface area contributed by atoms with Crippen LogP contribution < -0.4 is 5.32 Å². The van der Waals surface area contributed by atoms with Gasteiger partial charge >= 0.3 is 0 Å². The van der Waals surface area contributed by atoms with Crippen LogP contribution in [0.1, 0.15) is 26.5 Å². The van der Waals surface area contributed by atoms with Crippen molar-refractivity contribution in [1.29, 1.82) is 0 Å². The average Bonchev–Trinajstić information content (AvgIpc) is 2.44. The molecule has 1 aromatic heterocycles. The van der Waals surface area contributed by atoms with Crippen LogP contribution in [0.5, 0.6) is 0 Å². The fourth-order valence-electron chi connectivity index (χ4n) is 1.33. The molecule has 0 aliphatic rings. The van der Waals surface area contributed by atoms with Gasteiger partial charge in [-0.05, 0) is 11.5 Å². The monoisotopic (exact) mass is 195 g/mol. The Balaban J connectivity index is 2.20. The molecule has 14 heavy (non-hydrogen) atoms. The van der Waals surface area contributed by atoms with Crippen molar-refractivity contribution in [1.82, 2.24) is 15.1 Å². The van der Waals surface area contributed by atoms with Crippen molar-refractivity contribution in [3.05, 3.63) is 18.0 Å². The Bertz CT molecular complexity index is 270. The van der Waals surface area contributed by atoms with Crippen LogP contribution >= 0.6 is 0 Å². The van der Waals surface area contributed by atoms with Gasteiger partial charge in [-0.25, -0.2) is 0 Å². The van der Waals surface area contributed by atoms with Crippen molar-refractivity contribution >= 4 is 0 Å². The van der Waals surface area contributed by atoms with Gasteiger partial charge in [-0.3, -0.25) is 4.68 Å². The van der Waals surface area contributed by atoms with Gasteiger partial charge in [0, 0.05) is 38.4 Å². The summed E-state index contributed by atoms with van der Waals surface area (Å²) in [6, 6.07) is 2.07. The van der Waals surface area contributed by atoms with Crippen molar-refractivity contribution in [3.63, 3.8) is 0 Å². The maximum atomic E-state index is 4.13. The molecule has 0 aromatic carbocycles. The molecule has 0 spiro atoms. The molecule has 0 aliphatic heterocycles. The number of aromatic nitrogens is 2. The van der Waals surface area contributed by atoms with Gasteiger partial charge in [0.2, 0.25) is 0 Å². The van der Waals surface area contributed by atoms with Crippen LogP contribution in [-0.2, 0) is 13.5 Å². The molecule has 80 valence electrons. The molecule has 0 aliphatic carbocycles. The van der Waals surface area contributed by atoms with Crippen molar-refractivity contribution < 1.29 is 0 Å². The van der Waals surface area contributed by atoms with E-state index in [2.05, 4.69) is 37.3 Å². The summed E-state index contributed by atoms with van der Waals surface area (Å²) in [6.45, 7) is 8.81. The van der Waals surface area contributed by atoms with Gasteiger partial charge in [0.1, 0.15) is 0 Å². The maximum Gasteiger partial charge on any atom is 0.0492 e. The third-order valence-electron chi connectivity index (χ3n) is 2.14. The highest BCUT2D eigenvalue weighted by molar-refractivity contribution is 5.00. The Kier molecular flexibility index (Phi) is 3.69. The van der Waals surface area contributed by atoms with E-state index in [4.69, 9.17) is 0 Å². The first-order valence-corrected chi connectivity index (χ1v) is 5.17. The van der Waals surface area contributed by atoms with Crippen LogP contribution in [0.15, 0.2) is 12.3 Å². The normalized spacial score (nSPS) is 12.0. The molecule has 0 fully saturated rings. The van der Waals surface area contributed by atoms with Crippen molar-refractivity contribution in [3.8, 4) is 0 Å². The summed E-state index contributed by atoms with van der Waals surface area (Å²) < 4.78 is 1.93. The second kappa shape index (κ2) is 4.60. The first-order chi connectivity index (χ1) is 6.49. The van der Waals surface area contributed by atoms with E-state index in [-0.39, 0.29) is 0 Å². The maximum absolute atomic E-state index is 4.13. The zero-order valence-corrected chi connectivity index (χ0v) is 9.67. The molecular formula is C11H21N3. The lowest BCUT2D eigenvalue weighted by atomic mass is 9.97. The zero-order chi connectivity index (χ0) is 10.6. The van der Waals surface area contributed by atoms with E-state index in [0.29, 0.717) is 5.41 Å². The van der Waals surface area contributed by atoms with E-state index in [1.807, 2.05) is 17.9 Å². The minimum absolute atomic E-state index is 0.368. The number of hydrogen-bond acceptors (Lipinski definition) is 2.